The predicted octanol–water partition coefficient (Wildman–Crippen LogP) is 0.538. The van der Waals surface area contributed by atoms with Gasteiger partial charge in [0.2, 0.25) is 0 Å². The van der Waals surface area contributed by atoms with Gasteiger partial charge >= 0.3 is 0 Å². The highest BCUT2D eigenvalue weighted by Crippen LogP contribution is 2.23. The first kappa shape index (κ1) is 13.2. The highest BCUT2D eigenvalue weighted by atomic mass is 16.6. The Morgan fingerprint density at radius 2 is 2.35 bits per heavy atom. The van der Waals surface area contributed by atoms with Gasteiger partial charge in [-0.25, -0.2) is 9.67 Å². The second kappa shape index (κ2) is 5.62. The van der Waals surface area contributed by atoms with Crippen molar-refractivity contribution in [3.8, 4) is 18.0 Å². The van der Waals surface area contributed by atoms with Crippen molar-refractivity contribution in [3.63, 3.8) is 0 Å². The van der Waals surface area contributed by atoms with Gasteiger partial charge in [-0.3, -0.25) is 14.9 Å². The minimum Gasteiger partial charge on any atom is -0.341 e. The molecule has 20 heavy (non-hydrogen) atoms. The molecule has 100 valence electrons. The van der Waals surface area contributed by atoms with Gasteiger partial charge in [-0.2, -0.15) is 5.10 Å². The first-order valence-electron chi connectivity index (χ1n) is 5.48. The summed E-state index contributed by atoms with van der Waals surface area (Å²) < 4.78 is 1.25. The number of terminal acetylenes is 1. The van der Waals surface area contributed by atoms with Crippen molar-refractivity contribution in [1.82, 2.24) is 20.1 Å². The van der Waals surface area contributed by atoms with Crippen molar-refractivity contribution in [2.45, 2.75) is 0 Å². The van der Waals surface area contributed by atoms with E-state index in [9.17, 15) is 14.9 Å². The first-order chi connectivity index (χ1) is 9.63. The lowest BCUT2D eigenvalue weighted by molar-refractivity contribution is -0.384. The molecule has 2 rings (SSSR count). The second-order valence-corrected chi connectivity index (χ2v) is 3.69. The van der Waals surface area contributed by atoms with E-state index in [1.165, 1.54) is 35.5 Å². The van der Waals surface area contributed by atoms with Crippen molar-refractivity contribution >= 4 is 11.6 Å². The number of aromatic nitrogens is 3. The number of hydrogen-bond acceptors (Lipinski definition) is 5. The van der Waals surface area contributed by atoms with Gasteiger partial charge in [-0.05, 0) is 12.1 Å². The Labute approximate surface area is 113 Å². The standard InChI is InChI=1S/C12H9N5O3/c1-2-5-14-12(18)9-3-4-10(11(6-9)17(19)20)16-8-13-7-15-16/h1,3-4,6-8H,5H2,(H,14,18). The lowest BCUT2D eigenvalue weighted by Crippen LogP contribution is -2.23. The minimum absolute atomic E-state index is 0.0530. The number of amides is 1. The molecule has 0 aliphatic rings. The van der Waals surface area contributed by atoms with Crippen LogP contribution in [0.25, 0.3) is 5.69 Å². The number of carbonyl (C=O) groups excluding carboxylic acids is 1. The molecule has 0 atom stereocenters. The second-order valence-electron chi connectivity index (χ2n) is 3.69. The maximum atomic E-state index is 11.7. The Morgan fingerprint density at radius 1 is 1.55 bits per heavy atom. The normalized spacial score (nSPS) is 9.75. The molecular formula is C12H9N5O3. The summed E-state index contributed by atoms with van der Waals surface area (Å²) in [6.07, 6.45) is 7.62. The molecule has 8 heteroatoms. The Kier molecular flexibility index (Phi) is 3.72. The fourth-order valence-electron chi connectivity index (χ4n) is 1.57. The zero-order valence-electron chi connectivity index (χ0n) is 10.2. The molecule has 0 unspecified atom stereocenters. The molecule has 0 aliphatic heterocycles. The third-order valence-corrected chi connectivity index (χ3v) is 2.45. The summed E-state index contributed by atoms with van der Waals surface area (Å²) in [5.41, 5.74) is 0.126. The number of hydrogen-bond donors (Lipinski definition) is 1. The third-order valence-electron chi connectivity index (χ3n) is 2.45. The molecule has 2 aromatic rings. The summed E-state index contributed by atoms with van der Waals surface area (Å²) >= 11 is 0. The summed E-state index contributed by atoms with van der Waals surface area (Å²) in [4.78, 5) is 25.9. The van der Waals surface area contributed by atoms with E-state index < -0.39 is 10.8 Å². The van der Waals surface area contributed by atoms with E-state index in [1.807, 2.05) is 0 Å². The van der Waals surface area contributed by atoms with Crippen LogP contribution in [-0.2, 0) is 0 Å². The number of carbonyl (C=O) groups is 1. The summed E-state index contributed by atoms with van der Waals surface area (Å²) in [7, 11) is 0. The first-order valence-corrected chi connectivity index (χ1v) is 5.48. The van der Waals surface area contributed by atoms with Gasteiger partial charge in [0.25, 0.3) is 11.6 Å². The minimum atomic E-state index is -0.588. The van der Waals surface area contributed by atoms with Gasteiger partial charge in [0.15, 0.2) is 0 Å². The van der Waals surface area contributed by atoms with Crippen LogP contribution in [0.5, 0.6) is 0 Å². The summed E-state index contributed by atoms with van der Waals surface area (Å²) in [5, 5.41) is 17.4. The molecule has 0 aliphatic carbocycles. The maximum Gasteiger partial charge on any atom is 0.295 e. The molecule has 1 amide bonds. The van der Waals surface area contributed by atoms with Crippen LogP contribution < -0.4 is 5.32 Å². The van der Waals surface area contributed by atoms with Gasteiger partial charge in [0, 0.05) is 11.6 Å². The van der Waals surface area contributed by atoms with E-state index >= 15 is 0 Å². The van der Waals surface area contributed by atoms with E-state index in [-0.39, 0.29) is 23.5 Å². The molecule has 0 saturated carbocycles. The topological polar surface area (TPSA) is 103 Å². The Bertz CT molecular complexity index is 688. The van der Waals surface area contributed by atoms with Crippen LogP contribution in [0.15, 0.2) is 30.9 Å². The number of nitro groups is 1. The SMILES string of the molecule is C#CCNC(=O)c1ccc(-n2cncn2)c([N+](=O)[O-])c1. The Morgan fingerprint density at radius 3 is 2.95 bits per heavy atom. The number of benzene rings is 1. The van der Waals surface area contributed by atoms with Crippen molar-refractivity contribution < 1.29 is 9.72 Å². The highest BCUT2D eigenvalue weighted by molar-refractivity contribution is 5.95. The van der Waals surface area contributed by atoms with Crippen molar-refractivity contribution in [2.75, 3.05) is 6.54 Å². The van der Waals surface area contributed by atoms with Gasteiger partial charge in [-0.1, -0.05) is 5.92 Å². The molecule has 1 heterocycles. The van der Waals surface area contributed by atoms with Crippen LogP contribution in [0.4, 0.5) is 5.69 Å². The highest BCUT2D eigenvalue weighted by Gasteiger charge is 2.19. The predicted molar refractivity (Wildman–Crippen MR) is 69.2 cm³/mol. The zero-order chi connectivity index (χ0) is 14.5. The van der Waals surface area contributed by atoms with Crippen LogP contribution in [0.1, 0.15) is 10.4 Å². The lowest BCUT2D eigenvalue weighted by Gasteiger charge is -2.05. The van der Waals surface area contributed by atoms with E-state index in [4.69, 9.17) is 6.42 Å². The summed E-state index contributed by atoms with van der Waals surface area (Å²) in [6, 6.07) is 4.05. The van der Waals surface area contributed by atoms with Gasteiger partial charge < -0.3 is 5.32 Å². The largest absolute Gasteiger partial charge is 0.341 e. The van der Waals surface area contributed by atoms with E-state index in [2.05, 4.69) is 21.3 Å². The van der Waals surface area contributed by atoms with Gasteiger partial charge in [-0.15, -0.1) is 6.42 Å². The molecule has 0 saturated heterocycles. The molecule has 0 radical (unpaired) electrons. The lowest BCUT2D eigenvalue weighted by atomic mass is 10.1. The van der Waals surface area contributed by atoms with Crippen LogP contribution in [0.2, 0.25) is 0 Å². The molecule has 1 aromatic heterocycles. The number of nitrogens with zero attached hydrogens (tertiary/aromatic N) is 4. The van der Waals surface area contributed by atoms with E-state index in [1.54, 1.807) is 0 Å². The number of nitrogens with one attached hydrogen (secondary N) is 1. The Balaban J connectivity index is 2.41. The third kappa shape index (κ3) is 2.62. The summed E-state index contributed by atoms with van der Waals surface area (Å²) in [5.74, 6) is 1.78. The van der Waals surface area contributed by atoms with Crippen LogP contribution >= 0.6 is 0 Å². The maximum absolute atomic E-state index is 11.7. The fourth-order valence-corrected chi connectivity index (χ4v) is 1.57. The summed E-state index contributed by atoms with van der Waals surface area (Å²) in [6.45, 7) is 0.0530. The molecule has 1 aromatic carbocycles. The van der Waals surface area contributed by atoms with Crippen LogP contribution in [0, 0.1) is 22.5 Å². The Hall–Kier alpha value is -3.21. The monoisotopic (exact) mass is 271 g/mol. The number of rotatable bonds is 4. The van der Waals surface area contributed by atoms with Crippen LogP contribution in [-0.4, -0.2) is 32.1 Å². The van der Waals surface area contributed by atoms with Gasteiger partial charge in [0.1, 0.15) is 18.3 Å². The molecule has 8 nitrogen and oxygen atoms in total. The van der Waals surface area contributed by atoms with Crippen molar-refractivity contribution in [2.24, 2.45) is 0 Å². The average molecular weight is 271 g/mol. The van der Waals surface area contributed by atoms with Gasteiger partial charge in [0.05, 0.1) is 11.5 Å². The fraction of sp³-hybridized carbons (Fsp3) is 0.0833. The van der Waals surface area contributed by atoms with E-state index in [0.29, 0.717) is 0 Å². The molecular weight excluding hydrogens is 262 g/mol. The average Bonchev–Trinajstić information content (AvgIpc) is 2.98. The zero-order valence-corrected chi connectivity index (χ0v) is 10.2. The van der Waals surface area contributed by atoms with E-state index in [0.717, 1.165) is 0 Å². The smallest absolute Gasteiger partial charge is 0.295 e. The number of nitro benzene ring substituents is 1. The molecule has 1 N–H and O–H groups in total. The van der Waals surface area contributed by atoms with Crippen molar-refractivity contribution in [3.05, 3.63) is 46.5 Å². The van der Waals surface area contributed by atoms with Crippen LogP contribution in [0.3, 0.4) is 0 Å². The molecule has 0 bridgehead atoms. The quantitative estimate of drug-likeness (QED) is 0.496. The molecule has 0 spiro atoms. The molecule has 0 fully saturated rings. The van der Waals surface area contributed by atoms with Crippen molar-refractivity contribution in [1.29, 1.82) is 0 Å².